The number of rotatable bonds is 9. The fourth-order valence-electron chi connectivity index (χ4n) is 2.15. The first-order valence-electron chi connectivity index (χ1n) is 6.72. The van der Waals surface area contributed by atoms with Crippen LogP contribution >= 0.6 is 0 Å². The predicted octanol–water partition coefficient (Wildman–Crippen LogP) is 3.90. The monoisotopic (exact) mass is 227 g/mol. The van der Waals surface area contributed by atoms with Gasteiger partial charge in [0.15, 0.2) is 0 Å². The number of nitrogens with one attached hydrogen (secondary N) is 1. The first-order chi connectivity index (χ1) is 7.48. The summed E-state index contributed by atoms with van der Waals surface area (Å²) in [5.74, 6) is 0.0871. The Bertz CT molecular complexity index is 187. The van der Waals surface area contributed by atoms with Gasteiger partial charge < -0.3 is 5.32 Å². The molecule has 0 heterocycles. The van der Waals surface area contributed by atoms with E-state index in [0.717, 1.165) is 13.0 Å². The summed E-state index contributed by atoms with van der Waals surface area (Å²) in [6, 6.07) is 0. The molecule has 0 spiro atoms. The standard InChI is InChI=1S/C14H29NO/c1-5-10-14(3,4)11-8-6-7-9-12-15-13(2)16/h5-12H2,1-4H3,(H,15,16). The SMILES string of the molecule is CCCC(C)(C)CCCCCCNC(C)=O. The molecule has 0 aromatic carbocycles. The van der Waals surface area contributed by atoms with Crippen molar-refractivity contribution in [3.05, 3.63) is 0 Å². The van der Waals surface area contributed by atoms with Crippen molar-refractivity contribution in [1.29, 1.82) is 0 Å². The van der Waals surface area contributed by atoms with Gasteiger partial charge in [0, 0.05) is 13.5 Å². The average Bonchev–Trinajstić information content (AvgIpc) is 2.15. The Morgan fingerprint density at radius 3 is 2.25 bits per heavy atom. The number of hydrogen-bond acceptors (Lipinski definition) is 1. The lowest BCUT2D eigenvalue weighted by Crippen LogP contribution is -2.20. The van der Waals surface area contributed by atoms with E-state index in [0.29, 0.717) is 5.41 Å². The van der Waals surface area contributed by atoms with E-state index in [1.54, 1.807) is 6.92 Å². The van der Waals surface area contributed by atoms with E-state index in [1.165, 1.54) is 38.5 Å². The minimum Gasteiger partial charge on any atom is -0.356 e. The lowest BCUT2D eigenvalue weighted by atomic mass is 9.83. The van der Waals surface area contributed by atoms with Gasteiger partial charge in [-0.2, -0.15) is 0 Å². The van der Waals surface area contributed by atoms with Crippen molar-refractivity contribution < 1.29 is 4.79 Å². The van der Waals surface area contributed by atoms with E-state index >= 15 is 0 Å². The van der Waals surface area contributed by atoms with Crippen LogP contribution in [0.25, 0.3) is 0 Å². The van der Waals surface area contributed by atoms with Crippen LogP contribution in [-0.2, 0) is 4.79 Å². The number of carbonyl (C=O) groups excluding carboxylic acids is 1. The van der Waals surface area contributed by atoms with Crippen LogP contribution in [0.4, 0.5) is 0 Å². The highest BCUT2D eigenvalue weighted by atomic mass is 16.1. The van der Waals surface area contributed by atoms with Crippen molar-refractivity contribution in [2.24, 2.45) is 5.41 Å². The Hall–Kier alpha value is -0.530. The Morgan fingerprint density at radius 1 is 1.06 bits per heavy atom. The van der Waals surface area contributed by atoms with Crippen molar-refractivity contribution in [2.75, 3.05) is 6.54 Å². The molecule has 0 aliphatic rings. The molecule has 0 unspecified atom stereocenters. The lowest BCUT2D eigenvalue weighted by Gasteiger charge is -2.23. The van der Waals surface area contributed by atoms with Crippen LogP contribution in [0.5, 0.6) is 0 Å². The summed E-state index contributed by atoms with van der Waals surface area (Å²) in [5, 5.41) is 2.83. The second-order valence-electron chi connectivity index (χ2n) is 5.56. The highest BCUT2D eigenvalue weighted by Gasteiger charge is 2.15. The molecule has 0 saturated heterocycles. The minimum atomic E-state index is 0.0871. The Balaban J connectivity index is 3.29. The molecule has 0 saturated carbocycles. The first-order valence-corrected chi connectivity index (χ1v) is 6.72. The third-order valence-corrected chi connectivity index (χ3v) is 3.08. The fourth-order valence-corrected chi connectivity index (χ4v) is 2.15. The van der Waals surface area contributed by atoms with Crippen molar-refractivity contribution in [3.8, 4) is 0 Å². The molecule has 2 heteroatoms. The Labute approximate surface area is 101 Å². The van der Waals surface area contributed by atoms with Crippen LogP contribution in [0.3, 0.4) is 0 Å². The Kier molecular flexibility index (Phi) is 8.32. The summed E-state index contributed by atoms with van der Waals surface area (Å²) in [6.45, 7) is 9.41. The molecule has 0 aromatic heterocycles. The van der Waals surface area contributed by atoms with Crippen LogP contribution in [0.1, 0.15) is 72.6 Å². The molecule has 0 radical (unpaired) electrons. The molecule has 1 N–H and O–H groups in total. The van der Waals surface area contributed by atoms with Crippen LogP contribution in [0, 0.1) is 5.41 Å². The summed E-state index contributed by atoms with van der Waals surface area (Å²) >= 11 is 0. The van der Waals surface area contributed by atoms with Gasteiger partial charge in [0.1, 0.15) is 0 Å². The van der Waals surface area contributed by atoms with Crippen LogP contribution in [0.2, 0.25) is 0 Å². The topological polar surface area (TPSA) is 29.1 Å². The molecule has 0 aromatic rings. The highest BCUT2D eigenvalue weighted by Crippen LogP contribution is 2.28. The van der Waals surface area contributed by atoms with Gasteiger partial charge in [0.2, 0.25) is 5.91 Å². The van der Waals surface area contributed by atoms with Gasteiger partial charge in [-0.05, 0) is 24.7 Å². The summed E-state index contributed by atoms with van der Waals surface area (Å²) in [6.07, 6.45) is 8.94. The van der Waals surface area contributed by atoms with Gasteiger partial charge in [-0.25, -0.2) is 0 Å². The normalized spacial score (nSPS) is 11.5. The molecule has 0 bridgehead atoms. The summed E-state index contributed by atoms with van der Waals surface area (Å²) in [7, 11) is 0. The fraction of sp³-hybridized carbons (Fsp3) is 0.929. The van der Waals surface area contributed by atoms with E-state index in [9.17, 15) is 4.79 Å². The molecular weight excluding hydrogens is 198 g/mol. The van der Waals surface area contributed by atoms with E-state index in [4.69, 9.17) is 0 Å². The average molecular weight is 227 g/mol. The number of unbranched alkanes of at least 4 members (excludes halogenated alkanes) is 3. The molecule has 96 valence electrons. The molecule has 0 rings (SSSR count). The molecule has 0 fully saturated rings. The van der Waals surface area contributed by atoms with Crippen LogP contribution in [-0.4, -0.2) is 12.5 Å². The predicted molar refractivity (Wildman–Crippen MR) is 70.5 cm³/mol. The molecule has 0 aliphatic carbocycles. The van der Waals surface area contributed by atoms with Gasteiger partial charge in [0.25, 0.3) is 0 Å². The lowest BCUT2D eigenvalue weighted by molar-refractivity contribution is -0.118. The van der Waals surface area contributed by atoms with Crippen molar-refractivity contribution >= 4 is 5.91 Å². The quantitative estimate of drug-likeness (QED) is 0.595. The molecule has 0 aliphatic heterocycles. The van der Waals surface area contributed by atoms with Crippen molar-refractivity contribution in [1.82, 2.24) is 5.32 Å². The maximum atomic E-state index is 10.6. The molecular formula is C14H29NO. The maximum Gasteiger partial charge on any atom is 0.216 e. The minimum absolute atomic E-state index is 0.0871. The van der Waals surface area contributed by atoms with E-state index in [-0.39, 0.29) is 5.91 Å². The number of amides is 1. The zero-order chi connectivity index (χ0) is 12.4. The van der Waals surface area contributed by atoms with E-state index in [2.05, 4.69) is 26.1 Å². The third-order valence-electron chi connectivity index (χ3n) is 3.08. The molecule has 16 heavy (non-hydrogen) atoms. The second-order valence-corrected chi connectivity index (χ2v) is 5.56. The van der Waals surface area contributed by atoms with Gasteiger partial charge in [-0.3, -0.25) is 4.79 Å². The first kappa shape index (κ1) is 15.5. The third kappa shape index (κ3) is 10.0. The van der Waals surface area contributed by atoms with Gasteiger partial charge >= 0.3 is 0 Å². The number of carbonyl (C=O) groups is 1. The van der Waals surface area contributed by atoms with Gasteiger partial charge in [-0.1, -0.05) is 46.5 Å². The zero-order valence-electron chi connectivity index (χ0n) is 11.6. The van der Waals surface area contributed by atoms with Crippen molar-refractivity contribution in [3.63, 3.8) is 0 Å². The summed E-state index contributed by atoms with van der Waals surface area (Å²) in [4.78, 5) is 10.6. The molecule has 2 nitrogen and oxygen atoms in total. The zero-order valence-corrected chi connectivity index (χ0v) is 11.6. The van der Waals surface area contributed by atoms with Crippen LogP contribution in [0.15, 0.2) is 0 Å². The summed E-state index contributed by atoms with van der Waals surface area (Å²) in [5.41, 5.74) is 0.520. The smallest absolute Gasteiger partial charge is 0.216 e. The van der Waals surface area contributed by atoms with E-state index < -0.39 is 0 Å². The molecule has 0 atom stereocenters. The Morgan fingerprint density at radius 2 is 1.69 bits per heavy atom. The van der Waals surface area contributed by atoms with Crippen molar-refractivity contribution in [2.45, 2.75) is 72.6 Å². The summed E-state index contributed by atoms with van der Waals surface area (Å²) < 4.78 is 0. The highest BCUT2D eigenvalue weighted by molar-refractivity contribution is 5.72. The van der Waals surface area contributed by atoms with Gasteiger partial charge in [0.05, 0.1) is 0 Å². The number of hydrogen-bond donors (Lipinski definition) is 1. The largest absolute Gasteiger partial charge is 0.356 e. The maximum absolute atomic E-state index is 10.6. The second kappa shape index (κ2) is 8.60. The van der Waals surface area contributed by atoms with Crippen LogP contribution < -0.4 is 5.32 Å². The van der Waals surface area contributed by atoms with E-state index in [1.807, 2.05) is 0 Å². The molecule has 1 amide bonds. The van der Waals surface area contributed by atoms with Gasteiger partial charge in [-0.15, -0.1) is 0 Å².